The van der Waals surface area contributed by atoms with Gasteiger partial charge in [0.05, 0.1) is 0 Å². The Morgan fingerprint density at radius 2 is 1.56 bits per heavy atom. The van der Waals surface area contributed by atoms with E-state index in [0.717, 1.165) is 52.1 Å². The highest BCUT2D eigenvalue weighted by atomic mass is 16.2. The maximum atomic E-state index is 12.4. The van der Waals surface area contributed by atoms with Crippen LogP contribution in [0.25, 0.3) is 0 Å². The van der Waals surface area contributed by atoms with Gasteiger partial charge < -0.3 is 14.7 Å². The molecule has 2 heterocycles. The minimum atomic E-state index is 0.281. The van der Waals surface area contributed by atoms with Crippen molar-refractivity contribution in [2.45, 2.75) is 32.7 Å². The summed E-state index contributed by atoms with van der Waals surface area (Å²) < 4.78 is 0. The summed E-state index contributed by atoms with van der Waals surface area (Å²) in [6, 6.07) is 0.615. The molecule has 0 atom stereocenters. The molecule has 0 spiro atoms. The SMILES string of the molecule is CC(C)N1CCC(C(=O)N2CCN(C)CC2)CC1. The van der Waals surface area contributed by atoms with Crippen LogP contribution >= 0.6 is 0 Å². The predicted molar refractivity (Wildman–Crippen MR) is 73.5 cm³/mol. The Morgan fingerprint density at radius 3 is 2.06 bits per heavy atom. The Balaban J connectivity index is 1.80. The third kappa shape index (κ3) is 3.23. The van der Waals surface area contributed by atoms with E-state index < -0.39 is 0 Å². The van der Waals surface area contributed by atoms with Crippen molar-refractivity contribution in [1.82, 2.24) is 14.7 Å². The molecule has 2 fully saturated rings. The van der Waals surface area contributed by atoms with E-state index in [1.54, 1.807) is 0 Å². The molecule has 0 aromatic heterocycles. The number of hydrogen-bond donors (Lipinski definition) is 0. The van der Waals surface area contributed by atoms with Crippen molar-refractivity contribution < 1.29 is 4.79 Å². The smallest absolute Gasteiger partial charge is 0.225 e. The molecule has 0 aliphatic carbocycles. The number of likely N-dealkylation sites (N-methyl/N-ethyl adjacent to an activating group) is 1. The molecule has 0 aromatic rings. The van der Waals surface area contributed by atoms with Gasteiger partial charge >= 0.3 is 0 Å². The molecule has 1 amide bonds. The highest BCUT2D eigenvalue weighted by Gasteiger charge is 2.30. The second-order valence-electron chi connectivity index (χ2n) is 6.03. The topological polar surface area (TPSA) is 26.8 Å². The summed E-state index contributed by atoms with van der Waals surface area (Å²) in [5, 5.41) is 0. The van der Waals surface area contributed by atoms with Crippen LogP contribution < -0.4 is 0 Å². The molecule has 2 aliphatic rings. The molecule has 18 heavy (non-hydrogen) atoms. The molecule has 0 N–H and O–H groups in total. The highest BCUT2D eigenvalue weighted by Crippen LogP contribution is 2.21. The van der Waals surface area contributed by atoms with E-state index in [-0.39, 0.29) is 5.92 Å². The van der Waals surface area contributed by atoms with Crippen molar-refractivity contribution in [3.8, 4) is 0 Å². The average molecular weight is 253 g/mol. The quantitative estimate of drug-likeness (QED) is 0.731. The van der Waals surface area contributed by atoms with Crippen molar-refractivity contribution in [1.29, 1.82) is 0 Å². The van der Waals surface area contributed by atoms with Crippen LogP contribution in [0.1, 0.15) is 26.7 Å². The number of rotatable bonds is 2. The first kappa shape index (κ1) is 13.8. The van der Waals surface area contributed by atoms with Gasteiger partial charge in [0.15, 0.2) is 0 Å². The van der Waals surface area contributed by atoms with Gasteiger partial charge in [0, 0.05) is 38.1 Å². The molecule has 0 saturated carbocycles. The van der Waals surface area contributed by atoms with E-state index in [0.29, 0.717) is 11.9 Å². The lowest BCUT2D eigenvalue weighted by atomic mass is 9.94. The molecule has 0 aromatic carbocycles. The first-order chi connectivity index (χ1) is 8.58. The van der Waals surface area contributed by atoms with E-state index in [1.165, 1.54) is 0 Å². The summed E-state index contributed by atoms with van der Waals surface area (Å²) in [4.78, 5) is 19.3. The van der Waals surface area contributed by atoms with E-state index in [1.807, 2.05) is 0 Å². The van der Waals surface area contributed by atoms with Gasteiger partial charge in [-0.2, -0.15) is 0 Å². The van der Waals surface area contributed by atoms with E-state index in [2.05, 4.69) is 35.6 Å². The maximum Gasteiger partial charge on any atom is 0.225 e. The number of carbonyl (C=O) groups is 1. The molecule has 104 valence electrons. The molecular weight excluding hydrogens is 226 g/mol. The van der Waals surface area contributed by atoms with Crippen LogP contribution in [-0.4, -0.2) is 73.0 Å². The van der Waals surface area contributed by atoms with Crippen LogP contribution in [-0.2, 0) is 4.79 Å². The zero-order chi connectivity index (χ0) is 13.1. The van der Waals surface area contributed by atoms with Crippen LogP contribution in [0.15, 0.2) is 0 Å². The number of carbonyl (C=O) groups excluding carboxylic acids is 1. The number of amides is 1. The van der Waals surface area contributed by atoms with Crippen LogP contribution in [0.4, 0.5) is 0 Å². The van der Waals surface area contributed by atoms with Gasteiger partial charge in [0.1, 0.15) is 0 Å². The van der Waals surface area contributed by atoms with Crippen LogP contribution in [0.2, 0.25) is 0 Å². The van der Waals surface area contributed by atoms with Crippen molar-refractivity contribution in [2.24, 2.45) is 5.92 Å². The number of likely N-dealkylation sites (tertiary alicyclic amines) is 1. The van der Waals surface area contributed by atoms with E-state index in [4.69, 9.17) is 0 Å². The fourth-order valence-corrected chi connectivity index (χ4v) is 2.95. The van der Waals surface area contributed by atoms with Gasteiger partial charge in [-0.25, -0.2) is 0 Å². The molecule has 2 saturated heterocycles. The monoisotopic (exact) mass is 253 g/mol. The number of nitrogens with zero attached hydrogens (tertiary/aromatic N) is 3. The number of piperidine rings is 1. The summed E-state index contributed by atoms with van der Waals surface area (Å²) in [6.45, 7) is 10.5. The first-order valence-corrected chi connectivity index (χ1v) is 7.29. The van der Waals surface area contributed by atoms with Gasteiger partial charge in [-0.05, 0) is 46.8 Å². The third-order valence-corrected chi connectivity index (χ3v) is 4.42. The standard InChI is InChI=1S/C14H27N3O/c1-12(2)16-6-4-13(5-7-16)14(18)17-10-8-15(3)9-11-17/h12-13H,4-11H2,1-3H3. The molecule has 0 bridgehead atoms. The Bertz CT molecular complexity index is 277. The summed E-state index contributed by atoms with van der Waals surface area (Å²) >= 11 is 0. The second-order valence-corrected chi connectivity index (χ2v) is 6.03. The molecular formula is C14H27N3O. The molecule has 2 rings (SSSR count). The lowest BCUT2D eigenvalue weighted by molar-refractivity contribution is -0.138. The van der Waals surface area contributed by atoms with Crippen molar-refractivity contribution in [3.05, 3.63) is 0 Å². The van der Waals surface area contributed by atoms with Crippen LogP contribution in [0, 0.1) is 5.92 Å². The fraction of sp³-hybridized carbons (Fsp3) is 0.929. The fourth-order valence-electron chi connectivity index (χ4n) is 2.95. The Morgan fingerprint density at radius 1 is 1.00 bits per heavy atom. The van der Waals surface area contributed by atoms with Crippen molar-refractivity contribution in [2.75, 3.05) is 46.3 Å². The van der Waals surface area contributed by atoms with E-state index >= 15 is 0 Å². The first-order valence-electron chi connectivity index (χ1n) is 7.29. The van der Waals surface area contributed by atoms with E-state index in [9.17, 15) is 4.79 Å². The summed E-state index contributed by atoms with van der Waals surface area (Å²) in [5.41, 5.74) is 0. The maximum absolute atomic E-state index is 12.4. The molecule has 4 nitrogen and oxygen atoms in total. The van der Waals surface area contributed by atoms with Gasteiger partial charge in [-0.15, -0.1) is 0 Å². The zero-order valence-corrected chi connectivity index (χ0v) is 12.1. The van der Waals surface area contributed by atoms with Gasteiger partial charge in [-0.1, -0.05) is 0 Å². The largest absolute Gasteiger partial charge is 0.340 e. The summed E-state index contributed by atoms with van der Waals surface area (Å²) in [5.74, 6) is 0.690. The average Bonchev–Trinajstić information content (AvgIpc) is 2.39. The highest BCUT2D eigenvalue weighted by molar-refractivity contribution is 5.79. The third-order valence-electron chi connectivity index (χ3n) is 4.42. The Hall–Kier alpha value is -0.610. The van der Waals surface area contributed by atoms with Gasteiger partial charge in [-0.3, -0.25) is 4.79 Å². The summed E-state index contributed by atoms with van der Waals surface area (Å²) in [6.07, 6.45) is 2.09. The van der Waals surface area contributed by atoms with Crippen molar-refractivity contribution in [3.63, 3.8) is 0 Å². The summed E-state index contributed by atoms with van der Waals surface area (Å²) in [7, 11) is 2.13. The lowest BCUT2D eigenvalue weighted by Crippen LogP contribution is -2.51. The van der Waals surface area contributed by atoms with Crippen molar-refractivity contribution >= 4 is 5.91 Å². The minimum absolute atomic E-state index is 0.281. The molecule has 0 unspecified atom stereocenters. The number of hydrogen-bond acceptors (Lipinski definition) is 3. The second kappa shape index (κ2) is 6.02. The molecule has 4 heteroatoms. The van der Waals surface area contributed by atoms with Crippen LogP contribution in [0.3, 0.4) is 0 Å². The molecule has 0 radical (unpaired) electrons. The van der Waals surface area contributed by atoms with Gasteiger partial charge in [0.25, 0.3) is 0 Å². The van der Waals surface area contributed by atoms with Gasteiger partial charge in [0.2, 0.25) is 5.91 Å². The Kier molecular flexibility index (Phi) is 4.62. The number of piperazine rings is 1. The normalized spacial score (nSPS) is 24.8. The minimum Gasteiger partial charge on any atom is -0.340 e. The molecule has 2 aliphatic heterocycles. The van der Waals surface area contributed by atoms with Crippen LogP contribution in [0.5, 0.6) is 0 Å². The predicted octanol–water partition coefficient (Wildman–Crippen LogP) is 0.881. The Labute approximate surface area is 111 Å². The lowest BCUT2D eigenvalue weighted by Gasteiger charge is -2.38. The zero-order valence-electron chi connectivity index (χ0n) is 12.1.